The van der Waals surface area contributed by atoms with Crippen LogP contribution in [0.25, 0.3) is 0 Å². The van der Waals surface area contributed by atoms with E-state index in [1.165, 1.54) is 6.26 Å². The third kappa shape index (κ3) is 3.76. The first-order valence-corrected chi connectivity index (χ1v) is 7.51. The lowest BCUT2D eigenvalue weighted by atomic mass is 9.89. The fraction of sp³-hybridized carbons (Fsp3) is 1.00. The molecule has 15 heavy (non-hydrogen) atoms. The van der Waals surface area contributed by atoms with E-state index in [-0.39, 0.29) is 6.04 Å². The lowest BCUT2D eigenvalue weighted by molar-refractivity contribution is 0.364. The third-order valence-electron chi connectivity index (χ3n) is 3.59. The summed E-state index contributed by atoms with van der Waals surface area (Å²) in [4.78, 5) is 0. The van der Waals surface area contributed by atoms with Crippen LogP contribution in [0.1, 0.15) is 47.0 Å². The molecule has 0 saturated carbocycles. The maximum absolute atomic E-state index is 11.6. The van der Waals surface area contributed by atoms with Gasteiger partial charge in [0.2, 0.25) is 0 Å². The van der Waals surface area contributed by atoms with E-state index >= 15 is 0 Å². The minimum atomic E-state index is -3.09. The molecule has 0 aromatic carbocycles. The molecule has 1 unspecified atom stereocenters. The highest BCUT2D eigenvalue weighted by Crippen LogP contribution is 2.25. The van der Waals surface area contributed by atoms with Gasteiger partial charge < -0.3 is 5.73 Å². The monoisotopic (exact) mass is 235 g/mol. The Balaban J connectivity index is 4.64. The van der Waals surface area contributed by atoms with Crippen LogP contribution in [0, 0.1) is 5.92 Å². The molecule has 1 atom stereocenters. The van der Waals surface area contributed by atoms with Crippen molar-refractivity contribution in [1.82, 2.24) is 0 Å². The Bertz CT molecular complexity index is 279. The summed E-state index contributed by atoms with van der Waals surface area (Å²) in [6.07, 6.45) is 4.17. The molecule has 0 spiro atoms. The molecular weight excluding hydrogens is 210 g/mol. The molecule has 0 aliphatic carbocycles. The zero-order chi connectivity index (χ0) is 12.3. The lowest BCUT2D eigenvalue weighted by Crippen LogP contribution is -2.49. The van der Waals surface area contributed by atoms with Gasteiger partial charge in [-0.15, -0.1) is 0 Å². The zero-order valence-electron chi connectivity index (χ0n) is 10.6. The van der Waals surface area contributed by atoms with Gasteiger partial charge in [-0.05, 0) is 26.2 Å². The molecule has 0 bridgehead atoms. The van der Waals surface area contributed by atoms with E-state index in [2.05, 4.69) is 13.8 Å². The van der Waals surface area contributed by atoms with Gasteiger partial charge in [-0.2, -0.15) is 0 Å². The summed E-state index contributed by atoms with van der Waals surface area (Å²) in [5.74, 6) is 0.529. The van der Waals surface area contributed by atoms with Gasteiger partial charge in [0.1, 0.15) is 0 Å². The Kier molecular flexibility index (Phi) is 5.27. The summed E-state index contributed by atoms with van der Waals surface area (Å²) in [6.45, 7) is 7.67. The number of hydrogen-bond donors (Lipinski definition) is 1. The summed E-state index contributed by atoms with van der Waals surface area (Å²) < 4.78 is 22.3. The highest BCUT2D eigenvalue weighted by atomic mass is 32.2. The number of hydrogen-bond acceptors (Lipinski definition) is 3. The first-order valence-electron chi connectivity index (χ1n) is 5.61. The molecule has 4 heteroatoms. The standard InChI is InChI=1S/C11H25NO2S/c1-6-9(7-2)8-10(12)11(3,4)15(5,13)14/h9-10H,6-8,12H2,1-5H3. The van der Waals surface area contributed by atoms with E-state index in [1.54, 1.807) is 13.8 Å². The lowest BCUT2D eigenvalue weighted by Gasteiger charge is -2.31. The minimum Gasteiger partial charge on any atom is -0.326 e. The fourth-order valence-electron chi connectivity index (χ4n) is 1.54. The van der Waals surface area contributed by atoms with Gasteiger partial charge in [-0.1, -0.05) is 26.7 Å². The summed E-state index contributed by atoms with van der Waals surface area (Å²) in [7, 11) is -3.09. The van der Waals surface area contributed by atoms with E-state index in [9.17, 15) is 8.42 Å². The molecule has 0 aromatic rings. The van der Waals surface area contributed by atoms with Gasteiger partial charge in [-0.25, -0.2) is 8.42 Å². The van der Waals surface area contributed by atoms with Crippen molar-refractivity contribution >= 4 is 9.84 Å². The van der Waals surface area contributed by atoms with Crippen molar-refractivity contribution in [3.8, 4) is 0 Å². The number of nitrogens with two attached hydrogens (primary N) is 1. The maximum atomic E-state index is 11.6. The van der Waals surface area contributed by atoms with E-state index in [1.807, 2.05) is 0 Å². The summed E-state index contributed by atoms with van der Waals surface area (Å²) >= 11 is 0. The van der Waals surface area contributed by atoms with E-state index < -0.39 is 14.6 Å². The summed E-state index contributed by atoms with van der Waals surface area (Å²) in [6, 6.07) is -0.280. The van der Waals surface area contributed by atoms with Crippen molar-refractivity contribution in [3.63, 3.8) is 0 Å². The average Bonchev–Trinajstić information content (AvgIpc) is 2.11. The van der Waals surface area contributed by atoms with Crippen molar-refractivity contribution < 1.29 is 8.42 Å². The van der Waals surface area contributed by atoms with Crippen molar-refractivity contribution in [2.75, 3.05) is 6.26 Å². The Labute approximate surface area is 94.4 Å². The topological polar surface area (TPSA) is 60.2 Å². The largest absolute Gasteiger partial charge is 0.326 e. The van der Waals surface area contributed by atoms with Crippen LogP contribution in [0.4, 0.5) is 0 Å². The van der Waals surface area contributed by atoms with Crippen molar-refractivity contribution in [2.45, 2.75) is 57.7 Å². The van der Waals surface area contributed by atoms with E-state index in [4.69, 9.17) is 5.73 Å². The highest BCUT2D eigenvalue weighted by Gasteiger charge is 2.37. The number of rotatable bonds is 6. The van der Waals surface area contributed by atoms with Gasteiger partial charge in [-0.3, -0.25) is 0 Å². The quantitative estimate of drug-likeness (QED) is 0.765. The molecule has 0 aliphatic rings. The van der Waals surface area contributed by atoms with E-state index in [0.717, 1.165) is 19.3 Å². The molecule has 0 heterocycles. The average molecular weight is 235 g/mol. The Hall–Kier alpha value is -0.0900. The van der Waals surface area contributed by atoms with Gasteiger partial charge >= 0.3 is 0 Å². The van der Waals surface area contributed by atoms with Crippen LogP contribution in [0.3, 0.4) is 0 Å². The Morgan fingerprint density at radius 3 is 1.87 bits per heavy atom. The summed E-state index contributed by atoms with van der Waals surface area (Å²) in [5, 5.41) is 0. The SMILES string of the molecule is CCC(CC)CC(N)C(C)(C)S(C)(=O)=O. The van der Waals surface area contributed by atoms with Gasteiger partial charge in [0.25, 0.3) is 0 Å². The zero-order valence-corrected chi connectivity index (χ0v) is 11.4. The third-order valence-corrected chi connectivity index (χ3v) is 5.80. The molecule has 2 N–H and O–H groups in total. The first kappa shape index (κ1) is 14.9. The Morgan fingerprint density at radius 1 is 1.20 bits per heavy atom. The van der Waals surface area contributed by atoms with E-state index in [0.29, 0.717) is 5.92 Å². The van der Waals surface area contributed by atoms with Crippen molar-refractivity contribution in [3.05, 3.63) is 0 Å². The fourth-order valence-corrected chi connectivity index (χ4v) is 2.19. The summed E-state index contributed by atoms with van der Waals surface area (Å²) in [5.41, 5.74) is 6.01. The second kappa shape index (κ2) is 5.30. The molecular formula is C11H25NO2S. The number of sulfone groups is 1. The van der Waals surface area contributed by atoms with Crippen LogP contribution in [0.2, 0.25) is 0 Å². The first-order chi connectivity index (χ1) is 6.66. The second-order valence-corrected chi connectivity index (χ2v) is 7.50. The van der Waals surface area contributed by atoms with Crippen LogP contribution >= 0.6 is 0 Å². The molecule has 0 saturated heterocycles. The minimum absolute atomic E-state index is 0.280. The van der Waals surface area contributed by atoms with Crippen LogP contribution < -0.4 is 5.73 Å². The van der Waals surface area contributed by atoms with Crippen LogP contribution in [-0.4, -0.2) is 25.5 Å². The molecule has 0 fully saturated rings. The predicted molar refractivity (Wildman–Crippen MR) is 65.6 cm³/mol. The molecule has 0 radical (unpaired) electrons. The van der Waals surface area contributed by atoms with Gasteiger partial charge in [0, 0.05) is 12.3 Å². The van der Waals surface area contributed by atoms with Gasteiger partial charge in [0.15, 0.2) is 9.84 Å². The Morgan fingerprint density at radius 2 is 1.60 bits per heavy atom. The molecule has 0 amide bonds. The normalized spacial score (nSPS) is 15.7. The van der Waals surface area contributed by atoms with Crippen LogP contribution in [0.5, 0.6) is 0 Å². The molecule has 92 valence electrons. The second-order valence-electron chi connectivity index (χ2n) is 4.90. The van der Waals surface area contributed by atoms with Crippen molar-refractivity contribution in [1.29, 1.82) is 0 Å². The predicted octanol–water partition coefficient (Wildman–Crippen LogP) is 1.96. The van der Waals surface area contributed by atoms with Crippen LogP contribution in [-0.2, 0) is 9.84 Å². The highest BCUT2D eigenvalue weighted by molar-refractivity contribution is 7.92. The van der Waals surface area contributed by atoms with Crippen LogP contribution in [0.15, 0.2) is 0 Å². The smallest absolute Gasteiger partial charge is 0.154 e. The van der Waals surface area contributed by atoms with Crippen molar-refractivity contribution in [2.24, 2.45) is 11.7 Å². The maximum Gasteiger partial charge on any atom is 0.154 e. The molecule has 3 nitrogen and oxygen atoms in total. The molecule has 0 aromatic heterocycles. The molecule has 0 aliphatic heterocycles. The van der Waals surface area contributed by atoms with Gasteiger partial charge in [0.05, 0.1) is 4.75 Å². The molecule has 0 rings (SSSR count).